The molecule has 0 amide bonds. The zero-order chi connectivity index (χ0) is 19.5. The van der Waals surface area contributed by atoms with E-state index in [0.29, 0.717) is 12.8 Å². The molecule has 0 fully saturated rings. The van der Waals surface area contributed by atoms with Gasteiger partial charge in [-0.05, 0) is 12.8 Å². The van der Waals surface area contributed by atoms with Crippen molar-refractivity contribution in [3.05, 3.63) is 0 Å². The van der Waals surface area contributed by atoms with Gasteiger partial charge in [-0.3, -0.25) is 0 Å². The molecule has 0 aliphatic heterocycles. The van der Waals surface area contributed by atoms with Gasteiger partial charge in [0.2, 0.25) is 0 Å². The molecule has 0 N–H and O–H groups in total. The van der Waals surface area contributed by atoms with E-state index in [0.717, 1.165) is 0 Å². The molecule has 2 atom stereocenters. The fourth-order valence-electron chi connectivity index (χ4n) is 2.31. The van der Waals surface area contributed by atoms with Crippen LogP contribution in [0.2, 0.25) is 0 Å². The lowest BCUT2D eigenvalue weighted by molar-refractivity contribution is -0.140. The van der Waals surface area contributed by atoms with E-state index in [1.807, 2.05) is 18.2 Å². The number of hydrogen-bond donors (Lipinski definition) is 0. The Labute approximate surface area is 154 Å². The summed E-state index contributed by atoms with van der Waals surface area (Å²) in [6.07, 6.45) is 0.202. The van der Waals surface area contributed by atoms with Gasteiger partial charge in [0.05, 0.1) is 81.6 Å². The van der Waals surface area contributed by atoms with Crippen LogP contribution in [0.4, 0.5) is 0 Å². The van der Waals surface area contributed by atoms with E-state index < -0.39 is 18.3 Å². The molecule has 0 aliphatic carbocycles. The minimum Gasteiger partial charge on any atom is -0.374 e. The van der Waals surface area contributed by atoms with Gasteiger partial charge in [0.15, 0.2) is 0 Å². The highest BCUT2D eigenvalue weighted by Gasteiger charge is 2.31. The monoisotopic (exact) mass is 357 g/mol. The van der Waals surface area contributed by atoms with Crippen LogP contribution in [0.1, 0.15) is 44.9 Å². The molecule has 138 valence electrons. The van der Waals surface area contributed by atoms with Crippen molar-refractivity contribution >= 4 is 0 Å². The van der Waals surface area contributed by atoms with Crippen LogP contribution in [0.25, 0.3) is 0 Å². The van der Waals surface area contributed by atoms with E-state index in [4.69, 9.17) is 40.5 Å². The third kappa shape index (κ3) is 11.0. The second-order valence-electron chi connectivity index (χ2n) is 5.27. The van der Waals surface area contributed by atoms with Crippen molar-refractivity contribution < 1.29 is 14.2 Å². The molecule has 0 saturated heterocycles. The van der Waals surface area contributed by atoms with E-state index in [1.165, 1.54) is 0 Å². The lowest BCUT2D eigenvalue weighted by Crippen LogP contribution is -2.43. The maximum absolute atomic E-state index is 8.88. The first-order valence-corrected chi connectivity index (χ1v) is 8.44. The van der Waals surface area contributed by atoms with Gasteiger partial charge in [0.1, 0.15) is 6.10 Å². The Kier molecular flexibility index (Phi) is 15.4. The maximum Gasteiger partial charge on any atom is 0.110 e. The second kappa shape index (κ2) is 17.2. The molecule has 0 aliphatic rings. The SMILES string of the molecule is N#CCCOC(CCC#N)C(OCCC#N)C(CCC#N)OCCC#N. The number of nitrogens with zero attached hydrogens (tertiary/aromatic N) is 5. The van der Waals surface area contributed by atoms with Crippen molar-refractivity contribution in [2.75, 3.05) is 19.8 Å². The Morgan fingerprint density at radius 2 is 0.846 bits per heavy atom. The highest BCUT2D eigenvalue weighted by molar-refractivity contribution is 4.87. The Morgan fingerprint density at radius 3 is 1.19 bits per heavy atom. The van der Waals surface area contributed by atoms with Crippen LogP contribution < -0.4 is 0 Å². The van der Waals surface area contributed by atoms with Crippen LogP contribution in [0.15, 0.2) is 0 Å². The lowest BCUT2D eigenvalue weighted by atomic mass is 9.99. The molecule has 8 heteroatoms. The van der Waals surface area contributed by atoms with Crippen molar-refractivity contribution in [2.45, 2.75) is 63.3 Å². The predicted octanol–water partition coefficient (Wildman–Crippen LogP) is 2.49. The van der Waals surface area contributed by atoms with Crippen LogP contribution in [-0.2, 0) is 14.2 Å². The minimum absolute atomic E-state index is 0.163. The van der Waals surface area contributed by atoms with Crippen molar-refractivity contribution in [3.63, 3.8) is 0 Å². The van der Waals surface area contributed by atoms with Crippen LogP contribution in [-0.4, -0.2) is 38.1 Å². The number of nitriles is 5. The van der Waals surface area contributed by atoms with E-state index in [2.05, 4.69) is 12.1 Å². The zero-order valence-corrected chi connectivity index (χ0v) is 14.8. The molecular weight excluding hydrogens is 334 g/mol. The van der Waals surface area contributed by atoms with E-state index >= 15 is 0 Å². The Bertz CT molecular complexity index is 534. The fourth-order valence-corrected chi connectivity index (χ4v) is 2.31. The molecule has 0 spiro atoms. The topological polar surface area (TPSA) is 147 Å². The van der Waals surface area contributed by atoms with Gasteiger partial charge in [-0.15, -0.1) is 0 Å². The van der Waals surface area contributed by atoms with E-state index in [1.54, 1.807) is 0 Å². The summed E-state index contributed by atoms with van der Waals surface area (Å²) < 4.78 is 17.3. The smallest absolute Gasteiger partial charge is 0.110 e. The Balaban J connectivity index is 5.26. The first kappa shape index (κ1) is 23.3. The van der Waals surface area contributed by atoms with Crippen molar-refractivity contribution in [2.24, 2.45) is 0 Å². The van der Waals surface area contributed by atoms with Gasteiger partial charge in [-0.1, -0.05) is 0 Å². The molecular formula is C18H23N5O3. The zero-order valence-electron chi connectivity index (χ0n) is 14.8. The average Bonchev–Trinajstić information content (AvgIpc) is 2.65. The summed E-state index contributed by atoms with van der Waals surface area (Å²) in [5.74, 6) is 0. The molecule has 0 aromatic heterocycles. The molecule has 0 bridgehead atoms. The van der Waals surface area contributed by atoms with Gasteiger partial charge in [-0.25, -0.2) is 0 Å². The van der Waals surface area contributed by atoms with Crippen LogP contribution in [0, 0.1) is 56.7 Å². The Hall–Kier alpha value is -2.67. The third-order valence-electron chi connectivity index (χ3n) is 3.43. The summed E-state index contributed by atoms with van der Waals surface area (Å²) in [7, 11) is 0. The van der Waals surface area contributed by atoms with Gasteiger partial charge >= 0.3 is 0 Å². The predicted molar refractivity (Wildman–Crippen MR) is 89.6 cm³/mol. The van der Waals surface area contributed by atoms with Gasteiger partial charge < -0.3 is 14.2 Å². The summed E-state index contributed by atoms with van der Waals surface area (Å²) >= 11 is 0. The van der Waals surface area contributed by atoms with Crippen LogP contribution in [0.5, 0.6) is 0 Å². The molecule has 0 saturated carbocycles. The van der Waals surface area contributed by atoms with Crippen LogP contribution in [0.3, 0.4) is 0 Å². The highest BCUT2D eigenvalue weighted by atomic mass is 16.6. The first-order chi connectivity index (χ1) is 12.7. The number of hydrogen-bond acceptors (Lipinski definition) is 8. The highest BCUT2D eigenvalue weighted by Crippen LogP contribution is 2.21. The lowest BCUT2D eigenvalue weighted by Gasteiger charge is -2.33. The third-order valence-corrected chi connectivity index (χ3v) is 3.43. The quantitative estimate of drug-likeness (QED) is 0.406. The molecule has 0 aromatic rings. The standard InChI is InChI=1S/C18H23N5O3/c19-8-1-6-16(24-13-3-10-21)18(26-15-5-12-23)17(7-2-9-20)25-14-4-11-22/h16-18H,1-7,13-15H2. The number of rotatable bonds is 15. The molecule has 0 radical (unpaired) electrons. The van der Waals surface area contributed by atoms with Gasteiger partial charge in [-0.2, -0.15) is 26.3 Å². The Morgan fingerprint density at radius 1 is 0.500 bits per heavy atom. The summed E-state index contributed by atoms with van der Waals surface area (Å²) in [6.45, 7) is 0.540. The normalized spacial score (nSPS) is 13.2. The molecule has 26 heavy (non-hydrogen) atoms. The van der Waals surface area contributed by atoms with E-state index in [9.17, 15) is 0 Å². The van der Waals surface area contributed by atoms with Gasteiger partial charge in [0.25, 0.3) is 0 Å². The van der Waals surface area contributed by atoms with Gasteiger partial charge in [0, 0.05) is 12.8 Å². The maximum atomic E-state index is 8.88. The summed E-state index contributed by atoms with van der Waals surface area (Å²) in [6, 6.07) is 10.1. The summed E-state index contributed by atoms with van der Waals surface area (Å²) in [4.78, 5) is 0. The molecule has 0 heterocycles. The van der Waals surface area contributed by atoms with Crippen molar-refractivity contribution in [1.29, 1.82) is 26.3 Å². The molecule has 0 aromatic carbocycles. The molecule has 8 nitrogen and oxygen atoms in total. The largest absolute Gasteiger partial charge is 0.374 e. The first-order valence-electron chi connectivity index (χ1n) is 8.44. The summed E-state index contributed by atoms with van der Waals surface area (Å²) in [5, 5.41) is 43.9. The van der Waals surface area contributed by atoms with Crippen molar-refractivity contribution in [1.82, 2.24) is 0 Å². The second-order valence-corrected chi connectivity index (χ2v) is 5.27. The molecule has 2 unspecified atom stereocenters. The van der Waals surface area contributed by atoms with Crippen LogP contribution >= 0.6 is 0 Å². The van der Waals surface area contributed by atoms with Crippen molar-refractivity contribution in [3.8, 4) is 30.3 Å². The van der Waals surface area contributed by atoms with E-state index in [-0.39, 0.29) is 51.9 Å². The average molecular weight is 357 g/mol. The minimum atomic E-state index is -0.595. The fraction of sp³-hybridized carbons (Fsp3) is 0.722. The summed E-state index contributed by atoms with van der Waals surface area (Å²) in [5.41, 5.74) is 0. The number of ether oxygens (including phenoxy) is 3. The molecule has 0 rings (SSSR count).